The highest BCUT2D eigenvalue weighted by Gasteiger charge is 2.22. The number of aromatic nitrogens is 4. The molecule has 7 aromatic carbocycles. The molecule has 0 radical (unpaired) electrons. The van der Waals surface area contributed by atoms with Crippen molar-refractivity contribution >= 4 is 43.7 Å². The molecule has 3 aromatic heterocycles. The molecule has 0 aliphatic rings. The molecule has 0 spiro atoms. The van der Waals surface area contributed by atoms with Crippen molar-refractivity contribution in [3.63, 3.8) is 0 Å². The van der Waals surface area contributed by atoms with Crippen molar-refractivity contribution in [3.05, 3.63) is 169 Å². The van der Waals surface area contributed by atoms with Crippen LogP contribution < -0.4 is 0 Å². The van der Waals surface area contributed by atoms with Gasteiger partial charge in [-0.25, -0.2) is 15.0 Å². The highest BCUT2D eigenvalue weighted by Crippen LogP contribution is 2.41. The number of rotatable bonds is 5. The predicted molar refractivity (Wildman–Crippen MR) is 203 cm³/mol. The number of nitrogens with zero attached hydrogens (tertiary/aromatic N) is 4. The maximum atomic E-state index is 9.55. The van der Waals surface area contributed by atoms with Gasteiger partial charge in [-0.3, -0.25) is 0 Å². The predicted octanol–water partition coefficient (Wildman–Crippen LogP) is 11.5. The van der Waals surface area contributed by atoms with Crippen LogP contribution in [0.2, 0.25) is 0 Å². The van der Waals surface area contributed by atoms with Crippen molar-refractivity contribution in [2.45, 2.75) is 0 Å². The lowest BCUT2D eigenvalue weighted by atomic mass is 10.0. The molecule has 0 saturated carbocycles. The Morgan fingerprint density at radius 2 is 1.02 bits per heavy atom. The van der Waals surface area contributed by atoms with Crippen LogP contribution in [0.1, 0.15) is 38.4 Å². The monoisotopic (exact) mass is 668 g/mol. The molecule has 10 rings (SSSR count). The molecular formula is C45H28N4O. The zero-order chi connectivity index (χ0) is 57.4. The largest absolute Gasteiger partial charge is 0.454 e. The van der Waals surface area contributed by atoms with E-state index in [-0.39, 0.29) is 0 Å². The molecular weight excluding hydrogens is 613 g/mol. The SMILES string of the molecule is [2H]c1c([2H])c([2H])c(-c2nc(-c3c([2H])c([2H])c([2H])c([2H])c3[2H])nc(-c3c([2H])c([2H])c([2H])c4c5c([2H])c([2H])c([2H])c([2H])c5n(-c5c([2H])c([2H])c([2H])c6c5oc5c([2H])c([2H])c(-c7c([2H])c([2H])c([2H])c([2H])c7[2H])c([2H])c56)c34)n2)c([2H])c1[2H]. The summed E-state index contributed by atoms with van der Waals surface area (Å²) >= 11 is 0. The molecule has 0 aliphatic carbocycles. The highest BCUT2D eigenvalue weighted by molar-refractivity contribution is 6.15. The van der Waals surface area contributed by atoms with Gasteiger partial charge in [0.15, 0.2) is 23.1 Å². The third-order valence-electron chi connectivity index (χ3n) is 7.54. The first kappa shape index (κ1) is 11.9. The third kappa shape index (κ3) is 4.52. The summed E-state index contributed by atoms with van der Waals surface area (Å²) in [5.74, 6) is -2.63. The van der Waals surface area contributed by atoms with Gasteiger partial charge in [-0.05, 0) is 41.3 Å². The van der Waals surface area contributed by atoms with Gasteiger partial charge in [-0.15, -0.1) is 0 Å². The minimum absolute atomic E-state index is 0.574. The number of para-hydroxylation sites is 3. The van der Waals surface area contributed by atoms with E-state index in [9.17, 15) is 11.0 Å². The van der Waals surface area contributed by atoms with Crippen LogP contribution >= 0.6 is 0 Å². The van der Waals surface area contributed by atoms with Crippen LogP contribution in [0.3, 0.4) is 0 Å². The zero-order valence-corrected chi connectivity index (χ0v) is 24.7. The summed E-state index contributed by atoms with van der Waals surface area (Å²) < 4.78 is 254. The van der Waals surface area contributed by atoms with Crippen molar-refractivity contribution < 1.29 is 42.8 Å². The van der Waals surface area contributed by atoms with Crippen LogP contribution in [-0.4, -0.2) is 19.5 Å². The van der Waals surface area contributed by atoms with Crippen LogP contribution in [0.4, 0.5) is 0 Å². The van der Waals surface area contributed by atoms with E-state index in [1.54, 1.807) is 0 Å². The lowest BCUT2D eigenvalue weighted by Gasteiger charge is -2.13. The van der Waals surface area contributed by atoms with Crippen molar-refractivity contribution in [3.8, 4) is 51.0 Å². The standard InChI is InChI=1S/C45H28N4O/c1-4-14-29(15-5-1)32-26-27-40-37(28-32)35-22-13-25-39(42(35)50-40)49-38-24-11-10-20-33(38)34-21-12-23-36(41(34)49)45-47-43(30-16-6-2-7-17-30)46-44(48-45)31-18-8-3-9-19-31/h1-28H/i1D,2D,3D,4D,5D,6D,7D,8D,9D,10D,11D,12D,13D,14D,15D,16D,17D,18D,19D,20D,21D,22D,23D,24D,25D,26D,27D,28D. The molecule has 0 amide bonds. The fourth-order valence-electron chi connectivity index (χ4n) is 5.46. The molecule has 0 bridgehead atoms. The number of fused-ring (bicyclic) bond motifs is 6. The van der Waals surface area contributed by atoms with Crippen molar-refractivity contribution in [1.82, 2.24) is 19.5 Å². The Balaban J connectivity index is 1.48. The first-order chi connectivity index (χ1) is 36.4. The molecule has 5 heteroatoms. The van der Waals surface area contributed by atoms with Gasteiger partial charge in [0, 0.05) is 38.2 Å². The van der Waals surface area contributed by atoms with E-state index in [0.717, 1.165) is 4.57 Å². The number of hydrogen-bond acceptors (Lipinski definition) is 4. The normalized spacial score (nSPS) is 19.4. The summed E-state index contributed by atoms with van der Waals surface area (Å²) in [4.78, 5) is 13.1. The first-order valence-corrected chi connectivity index (χ1v) is 14.4. The Hall–Kier alpha value is -6.85. The molecule has 0 atom stereocenters. The maximum Gasteiger partial charge on any atom is 0.166 e. The molecule has 0 saturated heterocycles. The molecule has 0 aliphatic heterocycles. The molecule has 3 heterocycles. The average Bonchev–Trinajstić information content (AvgIpc) is 4.20. The van der Waals surface area contributed by atoms with Gasteiger partial charge in [-0.2, -0.15) is 0 Å². The van der Waals surface area contributed by atoms with Crippen LogP contribution in [0.15, 0.2) is 174 Å². The number of furan rings is 1. The van der Waals surface area contributed by atoms with Crippen LogP contribution in [0.25, 0.3) is 94.7 Å². The summed E-state index contributed by atoms with van der Waals surface area (Å²) in [5, 5.41) is -2.39. The van der Waals surface area contributed by atoms with E-state index in [4.69, 9.17) is 31.8 Å². The zero-order valence-electron chi connectivity index (χ0n) is 52.7. The van der Waals surface area contributed by atoms with Gasteiger partial charge >= 0.3 is 0 Å². The second-order valence-electron chi connectivity index (χ2n) is 10.3. The van der Waals surface area contributed by atoms with Gasteiger partial charge in [0.25, 0.3) is 0 Å². The van der Waals surface area contributed by atoms with Crippen LogP contribution in [-0.2, 0) is 0 Å². The third-order valence-corrected chi connectivity index (χ3v) is 7.54. The lowest BCUT2D eigenvalue weighted by Crippen LogP contribution is -2.02. The molecule has 0 fully saturated rings. The molecule has 0 N–H and O–H groups in total. The second kappa shape index (κ2) is 11.4. The Labute approximate surface area is 327 Å². The van der Waals surface area contributed by atoms with E-state index < -0.39 is 264 Å². The minimum Gasteiger partial charge on any atom is -0.454 e. The topological polar surface area (TPSA) is 56.7 Å². The maximum absolute atomic E-state index is 9.55. The molecule has 234 valence electrons. The van der Waals surface area contributed by atoms with E-state index in [0.29, 0.717) is 0 Å². The lowest BCUT2D eigenvalue weighted by molar-refractivity contribution is 0.666. The Morgan fingerprint density at radius 1 is 0.440 bits per heavy atom. The van der Waals surface area contributed by atoms with E-state index in [2.05, 4.69) is 15.0 Å². The number of benzene rings is 7. The van der Waals surface area contributed by atoms with Crippen LogP contribution in [0, 0.1) is 0 Å². The minimum atomic E-state index is -1.03. The summed E-state index contributed by atoms with van der Waals surface area (Å²) in [6, 6.07) is -25.7. The van der Waals surface area contributed by atoms with Crippen molar-refractivity contribution in [1.29, 1.82) is 0 Å². The summed E-state index contributed by atoms with van der Waals surface area (Å²) in [5.41, 5.74) is -7.32. The van der Waals surface area contributed by atoms with Gasteiger partial charge in [0.2, 0.25) is 0 Å². The summed E-state index contributed by atoms with van der Waals surface area (Å²) in [6.45, 7) is 0. The molecule has 50 heavy (non-hydrogen) atoms. The average molecular weight is 669 g/mol. The quantitative estimate of drug-likeness (QED) is 0.183. The van der Waals surface area contributed by atoms with Gasteiger partial charge in [0.05, 0.1) is 55.1 Å². The van der Waals surface area contributed by atoms with E-state index in [1.165, 1.54) is 0 Å². The van der Waals surface area contributed by atoms with E-state index in [1.807, 2.05) is 0 Å². The smallest absolute Gasteiger partial charge is 0.166 e. The van der Waals surface area contributed by atoms with Crippen LogP contribution in [0.5, 0.6) is 0 Å². The highest BCUT2D eigenvalue weighted by atomic mass is 16.3. The Bertz CT molecular complexity index is 4320. The number of hydrogen-bond donors (Lipinski definition) is 0. The van der Waals surface area contributed by atoms with Crippen molar-refractivity contribution in [2.75, 3.05) is 0 Å². The van der Waals surface area contributed by atoms with Gasteiger partial charge < -0.3 is 8.98 Å². The fraction of sp³-hybridized carbons (Fsp3) is 0. The fourth-order valence-corrected chi connectivity index (χ4v) is 5.46. The molecule has 0 unspecified atom stereocenters. The molecule has 5 nitrogen and oxygen atoms in total. The Kier molecular flexibility index (Phi) is 2.72. The van der Waals surface area contributed by atoms with E-state index >= 15 is 0 Å². The summed E-state index contributed by atoms with van der Waals surface area (Å²) in [7, 11) is 0. The van der Waals surface area contributed by atoms with Crippen molar-refractivity contribution in [2.24, 2.45) is 0 Å². The van der Waals surface area contributed by atoms with Gasteiger partial charge in [-0.1, -0.05) is 139 Å². The summed E-state index contributed by atoms with van der Waals surface area (Å²) in [6.07, 6.45) is 0. The second-order valence-corrected chi connectivity index (χ2v) is 10.3. The Morgan fingerprint density at radius 3 is 1.74 bits per heavy atom. The van der Waals surface area contributed by atoms with Gasteiger partial charge in [0.1, 0.15) is 5.58 Å². The first-order valence-electron chi connectivity index (χ1n) is 28.4. The molecule has 10 aromatic rings.